The van der Waals surface area contributed by atoms with Gasteiger partial charge in [-0.1, -0.05) is 68.9 Å². The lowest BCUT2D eigenvalue weighted by Crippen LogP contribution is -2.33. The third-order valence-electron chi connectivity index (χ3n) is 7.33. The van der Waals surface area contributed by atoms with Crippen LogP contribution < -0.4 is 25.4 Å². The van der Waals surface area contributed by atoms with Gasteiger partial charge in [-0.3, -0.25) is 14.7 Å². The molecule has 3 amide bonds. The van der Waals surface area contributed by atoms with Gasteiger partial charge in [0, 0.05) is 6.54 Å². The first-order chi connectivity index (χ1) is 21.4. The smallest absolute Gasteiger partial charge is 0.406 e. The predicted molar refractivity (Wildman–Crippen MR) is 171 cm³/mol. The maximum Gasteiger partial charge on any atom is 0.573 e. The van der Waals surface area contributed by atoms with Crippen LogP contribution in [0.4, 0.5) is 29.3 Å². The van der Waals surface area contributed by atoms with Gasteiger partial charge in [-0.15, -0.1) is 13.2 Å². The average molecular weight is 639 g/mol. The molecular weight excluding hydrogens is 605 g/mol. The molecule has 45 heavy (non-hydrogen) atoms. The van der Waals surface area contributed by atoms with Crippen LogP contribution in [-0.4, -0.2) is 42.1 Å². The molecule has 0 aromatic heterocycles. The highest BCUT2D eigenvalue weighted by Crippen LogP contribution is 2.34. The van der Waals surface area contributed by atoms with Gasteiger partial charge in [0.05, 0.1) is 17.1 Å². The number of rotatable bonds is 8. The van der Waals surface area contributed by atoms with E-state index >= 15 is 0 Å². The molecule has 5 rings (SSSR count). The highest BCUT2D eigenvalue weighted by Gasteiger charge is 2.33. The molecule has 13 heteroatoms. The van der Waals surface area contributed by atoms with Crippen molar-refractivity contribution >= 4 is 46.6 Å². The van der Waals surface area contributed by atoms with Crippen molar-refractivity contribution in [2.75, 3.05) is 22.2 Å². The number of ether oxygens (including phenoxy) is 1. The summed E-state index contributed by atoms with van der Waals surface area (Å²) < 4.78 is 41.2. The average Bonchev–Trinajstić information content (AvgIpc) is 3.62. The molecule has 1 fully saturated rings. The third kappa shape index (κ3) is 7.84. The van der Waals surface area contributed by atoms with Crippen LogP contribution in [0, 0.1) is 6.92 Å². The van der Waals surface area contributed by atoms with Crippen molar-refractivity contribution in [2.45, 2.75) is 52.1 Å². The number of amides is 3. The van der Waals surface area contributed by atoms with E-state index in [-0.39, 0.29) is 35.4 Å². The molecule has 0 aliphatic carbocycles. The number of nitrogens with zero attached hydrogens (tertiary/aromatic N) is 4. The Labute approximate surface area is 263 Å². The van der Waals surface area contributed by atoms with Crippen LogP contribution in [0.2, 0.25) is 0 Å². The summed E-state index contributed by atoms with van der Waals surface area (Å²) in [6.07, 6.45) is -3.56. The molecule has 0 spiro atoms. The molecular formula is C32H33F3N6O3S. The Morgan fingerprint density at radius 1 is 1.11 bits per heavy atom. The van der Waals surface area contributed by atoms with Gasteiger partial charge in [-0.25, -0.2) is 9.79 Å². The first kappa shape index (κ1) is 32.0. The number of aliphatic imine (C=N–C) groups is 2. The zero-order valence-corrected chi connectivity index (χ0v) is 25.9. The van der Waals surface area contributed by atoms with Gasteiger partial charge in [0.25, 0.3) is 0 Å². The van der Waals surface area contributed by atoms with Crippen LogP contribution in [-0.2, 0) is 4.79 Å². The number of hydrazine groups is 1. The van der Waals surface area contributed by atoms with Crippen LogP contribution in [0.15, 0.2) is 76.7 Å². The van der Waals surface area contributed by atoms with E-state index in [4.69, 9.17) is 0 Å². The Hall–Kier alpha value is -4.36. The highest BCUT2D eigenvalue weighted by atomic mass is 32.2. The SMILES string of the molecule is Cc1ccc(C(C)C)c(N2C(=O)CS/C2=N\C(=O)NCC(C)c2ccc(C3N=CN(c4ccc(OC(F)(F)F)cc4)N3)cc2)c1. The second-order valence-electron chi connectivity index (χ2n) is 11.1. The largest absolute Gasteiger partial charge is 0.573 e. The lowest BCUT2D eigenvalue weighted by Gasteiger charge is -2.22. The van der Waals surface area contributed by atoms with Crippen molar-refractivity contribution in [2.24, 2.45) is 9.98 Å². The summed E-state index contributed by atoms with van der Waals surface area (Å²) in [7, 11) is 0. The number of benzene rings is 3. The summed E-state index contributed by atoms with van der Waals surface area (Å²) in [5, 5.41) is 4.85. The first-order valence-electron chi connectivity index (χ1n) is 14.3. The molecule has 0 bridgehead atoms. The molecule has 1 saturated heterocycles. The van der Waals surface area contributed by atoms with Gasteiger partial charge in [0.2, 0.25) is 5.91 Å². The summed E-state index contributed by atoms with van der Waals surface area (Å²) >= 11 is 1.25. The van der Waals surface area contributed by atoms with Gasteiger partial charge in [0.1, 0.15) is 18.3 Å². The van der Waals surface area contributed by atoms with Gasteiger partial charge < -0.3 is 10.1 Å². The van der Waals surface area contributed by atoms with E-state index in [0.29, 0.717) is 17.4 Å². The lowest BCUT2D eigenvalue weighted by molar-refractivity contribution is -0.274. The molecule has 2 N–H and O–H groups in total. The Kier molecular flexibility index (Phi) is 9.49. The zero-order chi connectivity index (χ0) is 32.3. The summed E-state index contributed by atoms with van der Waals surface area (Å²) in [6.45, 7) is 8.43. The number of hydrogen-bond acceptors (Lipinski definition) is 7. The summed E-state index contributed by atoms with van der Waals surface area (Å²) in [5.41, 5.74) is 8.47. The molecule has 2 aliphatic rings. The van der Waals surface area contributed by atoms with Crippen LogP contribution >= 0.6 is 11.8 Å². The number of aryl methyl sites for hydroxylation is 1. The van der Waals surface area contributed by atoms with Crippen LogP contribution in [0.5, 0.6) is 5.75 Å². The predicted octanol–water partition coefficient (Wildman–Crippen LogP) is 7.02. The zero-order valence-electron chi connectivity index (χ0n) is 25.1. The molecule has 2 aliphatic heterocycles. The second kappa shape index (κ2) is 13.3. The normalized spacial score (nSPS) is 18.3. The molecule has 3 aromatic carbocycles. The monoisotopic (exact) mass is 638 g/mol. The van der Waals surface area contributed by atoms with E-state index in [9.17, 15) is 22.8 Å². The molecule has 9 nitrogen and oxygen atoms in total. The van der Waals surface area contributed by atoms with E-state index in [1.54, 1.807) is 16.2 Å². The number of urea groups is 1. The maximum atomic E-state index is 12.8. The maximum absolute atomic E-state index is 12.8. The Balaban J connectivity index is 1.16. The van der Waals surface area contributed by atoms with E-state index in [1.165, 1.54) is 36.0 Å². The molecule has 2 atom stereocenters. The fraction of sp³-hybridized carbons (Fsp3) is 0.312. The van der Waals surface area contributed by atoms with Crippen molar-refractivity contribution in [3.63, 3.8) is 0 Å². The molecule has 0 saturated carbocycles. The van der Waals surface area contributed by atoms with Gasteiger partial charge in [0.15, 0.2) is 5.17 Å². The van der Waals surface area contributed by atoms with Crippen LogP contribution in [0.1, 0.15) is 61.0 Å². The topological polar surface area (TPSA) is 98.6 Å². The fourth-order valence-electron chi connectivity index (χ4n) is 4.95. The minimum absolute atomic E-state index is 0.0181. The van der Waals surface area contributed by atoms with Gasteiger partial charge in [-0.2, -0.15) is 10.4 Å². The molecule has 3 aromatic rings. The first-order valence-corrected chi connectivity index (χ1v) is 15.3. The number of hydrogen-bond donors (Lipinski definition) is 2. The number of halogens is 3. The van der Waals surface area contributed by atoms with Gasteiger partial charge >= 0.3 is 12.4 Å². The Morgan fingerprint density at radius 3 is 2.49 bits per heavy atom. The lowest BCUT2D eigenvalue weighted by atomic mass is 9.99. The van der Waals surface area contributed by atoms with Crippen molar-refractivity contribution in [1.29, 1.82) is 0 Å². The standard InChI is InChI=1S/C32H33F3N6O3S/c1-19(2)26-14-5-20(3)15-27(26)41-28(42)17-45-31(41)38-30(43)36-16-21(4)22-6-8-23(9-7-22)29-37-18-40(39-29)24-10-12-25(13-11-24)44-32(33,34)35/h5-15,18-19,21,29,39H,16-17H2,1-4H3,(H,36,43)/b38-31-. The third-order valence-corrected chi connectivity index (χ3v) is 8.26. The second-order valence-corrected chi connectivity index (χ2v) is 12.0. The Morgan fingerprint density at radius 2 is 1.82 bits per heavy atom. The summed E-state index contributed by atoms with van der Waals surface area (Å²) in [6, 6.07) is 18.7. The van der Waals surface area contributed by atoms with E-state index < -0.39 is 12.4 Å². The minimum Gasteiger partial charge on any atom is -0.406 e. The van der Waals surface area contributed by atoms with Crippen molar-refractivity contribution < 1.29 is 27.5 Å². The van der Waals surface area contributed by atoms with Crippen LogP contribution in [0.3, 0.4) is 0 Å². The number of carbonyl (C=O) groups excluding carboxylic acids is 2. The summed E-state index contributed by atoms with van der Waals surface area (Å²) in [5.74, 6) is -0.00912. The van der Waals surface area contributed by atoms with Crippen LogP contribution in [0.25, 0.3) is 0 Å². The van der Waals surface area contributed by atoms with E-state index in [0.717, 1.165) is 27.9 Å². The number of anilines is 2. The van der Waals surface area contributed by atoms with E-state index in [1.807, 2.05) is 56.3 Å². The number of alkyl halides is 3. The summed E-state index contributed by atoms with van der Waals surface area (Å²) in [4.78, 5) is 35.9. The highest BCUT2D eigenvalue weighted by molar-refractivity contribution is 8.15. The number of amidine groups is 1. The minimum atomic E-state index is -4.75. The van der Waals surface area contributed by atoms with Crippen molar-refractivity contribution in [3.8, 4) is 5.75 Å². The molecule has 236 valence electrons. The number of thioether (sulfide) groups is 1. The van der Waals surface area contributed by atoms with E-state index in [2.05, 4.69) is 39.3 Å². The van der Waals surface area contributed by atoms with Crippen molar-refractivity contribution in [3.05, 3.63) is 89.0 Å². The quantitative estimate of drug-likeness (QED) is 0.275. The van der Waals surface area contributed by atoms with Crippen molar-refractivity contribution in [1.82, 2.24) is 10.7 Å². The molecule has 2 unspecified atom stereocenters. The molecule has 0 radical (unpaired) electrons. The Bertz CT molecular complexity index is 1610. The number of carbonyl (C=O) groups is 2. The number of nitrogens with one attached hydrogen (secondary N) is 2. The fourth-order valence-corrected chi connectivity index (χ4v) is 5.81. The van der Waals surface area contributed by atoms with Gasteiger partial charge in [-0.05, 0) is 71.3 Å². The molecule has 2 heterocycles.